The molecule has 34 heavy (non-hydrogen) atoms. The summed E-state index contributed by atoms with van der Waals surface area (Å²) in [6, 6.07) is -2.52. The molecule has 0 spiro atoms. The van der Waals surface area contributed by atoms with Crippen LogP contribution in [0.4, 0.5) is 0 Å². The maximum atomic E-state index is 12.1. The first-order valence-corrected chi connectivity index (χ1v) is 12.1. The highest BCUT2D eigenvalue weighted by molar-refractivity contribution is 5.86. The third-order valence-electron chi connectivity index (χ3n) is 5.29. The number of hydrogen-bond acceptors (Lipinski definition) is 6. The van der Waals surface area contributed by atoms with Crippen LogP contribution in [0.15, 0.2) is 0 Å². The van der Waals surface area contributed by atoms with Crippen molar-refractivity contribution in [3.8, 4) is 0 Å². The van der Waals surface area contributed by atoms with Crippen molar-refractivity contribution in [1.82, 2.24) is 21.5 Å². The highest BCUT2D eigenvalue weighted by Gasteiger charge is 2.24. The van der Waals surface area contributed by atoms with Gasteiger partial charge in [-0.3, -0.25) is 19.8 Å². The quantitative estimate of drug-likeness (QED) is 0.111. The van der Waals surface area contributed by atoms with Gasteiger partial charge in [-0.25, -0.2) is 15.0 Å². The fourth-order valence-corrected chi connectivity index (χ4v) is 3.35. The summed E-state index contributed by atoms with van der Waals surface area (Å²) in [6.07, 6.45) is 6.88. The molecule has 0 unspecified atom stereocenters. The molecule has 0 aliphatic rings. The van der Waals surface area contributed by atoms with Crippen LogP contribution in [0.3, 0.4) is 0 Å². The van der Waals surface area contributed by atoms with Crippen LogP contribution < -0.4 is 21.5 Å². The van der Waals surface area contributed by atoms with E-state index in [-0.39, 0.29) is 38.0 Å². The Kier molecular flexibility index (Phi) is 17.2. The topological polar surface area (TPSA) is 174 Å². The van der Waals surface area contributed by atoms with Gasteiger partial charge in [0.25, 0.3) is 0 Å². The van der Waals surface area contributed by atoms with Crippen LogP contribution >= 0.6 is 0 Å². The molecular weight excluding hydrogens is 444 g/mol. The molecule has 0 aliphatic heterocycles. The Balaban J connectivity index is 4.29. The van der Waals surface area contributed by atoms with Gasteiger partial charge in [0.05, 0.1) is 0 Å². The van der Waals surface area contributed by atoms with Crippen LogP contribution in [0.2, 0.25) is 0 Å². The van der Waals surface area contributed by atoms with E-state index < -0.39 is 35.8 Å². The Morgan fingerprint density at radius 1 is 0.618 bits per heavy atom. The van der Waals surface area contributed by atoms with E-state index in [2.05, 4.69) is 35.3 Å². The van der Waals surface area contributed by atoms with Gasteiger partial charge in [-0.2, -0.15) is 0 Å². The summed E-state index contributed by atoms with van der Waals surface area (Å²) in [6.45, 7) is 4.41. The summed E-state index contributed by atoms with van der Waals surface area (Å²) in [4.78, 5) is 58.4. The highest BCUT2D eigenvalue weighted by Crippen LogP contribution is 2.12. The molecule has 6 N–H and O–H groups in total. The van der Waals surface area contributed by atoms with E-state index in [1.54, 1.807) is 0 Å². The summed E-state index contributed by atoms with van der Waals surface area (Å²) in [5.74, 6) is -3.32. The lowest BCUT2D eigenvalue weighted by Crippen LogP contribution is -2.44. The van der Waals surface area contributed by atoms with Crippen molar-refractivity contribution in [1.29, 1.82) is 0 Å². The van der Waals surface area contributed by atoms with E-state index in [9.17, 15) is 34.2 Å². The van der Waals surface area contributed by atoms with Crippen LogP contribution in [-0.4, -0.2) is 59.0 Å². The fraction of sp³-hybridized carbons (Fsp3) is 0.783. The predicted molar refractivity (Wildman–Crippen MR) is 127 cm³/mol. The smallest absolute Gasteiger partial charge is 0.326 e. The molecule has 0 radical (unpaired) electrons. The number of carboxylic acid groups (broad SMARTS) is 2. The van der Waals surface area contributed by atoms with Crippen molar-refractivity contribution in [2.45, 2.75) is 103 Å². The standard InChI is InChI=1S/C23H42N4O7/c1-16(2)10-8-6-4-5-7-9-11-19(28)25-17(22(31)32)12-14-20(29)26-18(23(33)34)13-15-21(30)27-24-3/h16-18,24H,4-15H2,1-3H3,(H,25,28)(H,26,29)(H,27,30)(H,31,32)(H,33,34)/t17-,18-/m0/s1. The molecule has 0 aromatic carbocycles. The molecule has 0 saturated heterocycles. The van der Waals surface area contributed by atoms with Gasteiger partial charge in [-0.05, 0) is 25.2 Å². The summed E-state index contributed by atoms with van der Waals surface area (Å²) in [5, 5.41) is 23.3. The molecule has 2 atom stereocenters. The minimum absolute atomic E-state index is 0.120. The van der Waals surface area contributed by atoms with Gasteiger partial charge in [0.1, 0.15) is 12.1 Å². The maximum absolute atomic E-state index is 12.1. The normalized spacial score (nSPS) is 12.6. The lowest BCUT2D eigenvalue weighted by molar-refractivity contribution is -0.143. The molecular formula is C23H42N4O7. The number of hydrazine groups is 1. The zero-order chi connectivity index (χ0) is 25.9. The number of nitrogens with one attached hydrogen (secondary N) is 4. The van der Waals surface area contributed by atoms with Crippen molar-refractivity contribution < 1.29 is 34.2 Å². The zero-order valence-electron chi connectivity index (χ0n) is 20.7. The summed E-state index contributed by atoms with van der Waals surface area (Å²) in [5.41, 5.74) is 4.72. The number of amides is 3. The zero-order valence-corrected chi connectivity index (χ0v) is 20.7. The van der Waals surface area contributed by atoms with Crippen molar-refractivity contribution >= 4 is 29.7 Å². The Morgan fingerprint density at radius 2 is 1.06 bits per heavy atom. The lowest BCUT2D eigenvalue weighted by Gasteiger charge is -2.17. The van der Waals surface area contributed by atoms with Gasteiger partial charge in [0.2, 0.25) is 17.7 Å². The molecule has 196 valence electrons. The number of carboxylic acids is 2. The number of aliphatic carboxylic acids is 2. The van der Waals surface area contributed by atoms with Gasteiger partial charge in [-0.1, -0.05) is 52.4 Å². The molecule has 0 aromatic rings. The van der Waals surface area contributed by atoms with Crippen molar-refractivity contribution in [3.63, 3.8) is 0 Å². The number of carbonyl (C=O) groups excluding carboxylic acids is 3. The summed E-state index contributed by atoms with van der Waals surface area (Å²) < 4.78 is 0. The third-order valence-corrected chi connectivity index (χ3v) is 5.29. The van der Waals surface area contributed by atoms with E-state index in [1.165, 1.54) is 26.3 Å². The summed E-state index contributed by atoms with van der Waals surface area (Å²) in [7, 11) is 1.49. The van der Waals surface area contributed by atoms with Gasteiger partial charge >= 0.3 is 11.9 Å². The van der Waals surface area contributed by atoms with E-state index in [0.717, 1.165) is 19.3 Å². The largest absolute Gasteiger partial charge is 0.480 e. The van der Waals surface area contributed by atoms with Gasteiger partial charge in [0, 0.05) is 26.3 Å². The van der Waals surface area contributed by atoms with Gasteiger partial charge < -0.3 is 20.8 Å². The number of hydrogen-bond donors (Lipinski definition) is 6. The highest BCUT2D eigenvalue weighted by atomic mass is 16.4. The van der Waals surface area contributed by atoms with Crippen molar-refractivity contribution in [3.05, 3.63) is 0 Å². The monoisotopic (exact) mass is 486 g/mol. The number of unbranched alkanes of at least 4 members (excludes halogenated alkanes) is 5. The molecule has 0 heterocycles. The maximum Gasteiger partial charge on any atom is 0.326 e. The van der Waals surface area contributed by atoms with Crippen molar-refractivity contribution in [2.75, 3.05) is 7.05 Å². The SMILES string of the molecule is CNNC(=O)CC[C@H](NC(=O)CC[C@H](NC(=O)CCCCCCCCC(C)C)C(=O)O)C(=O)O. The van der Waals surface area contributed by atoms with Gasteiger partial charge in [-0.15, -0.1) is 0 Å². The average molecular weight is 487 g/mol. The Morgan fingerprint density at radius 3 is 1.53 bits per heavy atom. The second-order valence-electron chi connectivity index (χ2n) is 8.85. The number of carbonyl (C=O) groups is 5. The third kappa shape index (κ3) is 16.9. The first kappa shape index (κ1) is 31.3. The number of rotatable bonds is 20. The molecule has 11 heteroatoms. The molecule has 11 nitrogen and oxygen atoms in total. The van der Waals surface area contributed by atoms with E-state index in [0.29, 0.717) is 12.3 Å². The van der Waals surface area contributed by atoms with E-state index >= 15 is 0 Å². The Bertz CT molecular complexity index is 655. The summed E-state index contributed by atoms with van der Waals surface area (Å²) >= 11 is 0. The minimum atomic E-state index is -1.30. The second-order valence-corrected chi connectivity index (χ2v) is 8.85. The molecule has 0 bridgehead atoms. The molecule has 0 aliphatic carbocycles. The van der Waals surface area contributed by atoms with Crippen molar-refractivity contribution in [2.24, 2.45) is 5.92 Å². The van der Waals surface area contributed by atoms with Crippen LogP contribution in [0.1, 0.15) is 90.9 Å². The minimum Gasteiger partial charge on any atom is -0.480 e. The van der Waals surface area contributed by atoms with Crippen LogP contribution in [0, 0.1) is 5.92 Å². The van der Waals surface area contributed by atoms with E-state index in [1.807, 2.05) is 0 Å². The second kappa shape index (κ2) is 18.7. The van der Waals surface area contributed by atoms with Crippen LogP contribution in [-0.2, 0) is 24.0 Å². The average Bonchev–Trinajstić information content (AvgIpc) is 2.75. The molecule has 3 amide bonds. The first-order valence-electron chi connectivity index (χ1n) is 12.1. The van der Waals surface area contributed by atoms with Crippen LogP contribution in [0.5, 0.6) is 0 Å². The lowest BCUT2D eigenvalue weighted by atomic mass is 10.0. The first-order chi connectivity index (χ1) is 16.1. The predicted octanol–water partition coefficient (Wildman–Crippen LogP) is 1.71. The Hall–Kier alpha value is -2.69. The van der Waals surface area contributed by atoms with Crippen LogP contribution in [0.25, 0.3) is 0 Å². The van der Waals surface area contributed by atoms with Gasteiger partial charge in [0.15, 0.2) is 0 Å². The Labute approximate surface area is 201 Å². The molecule has 0 aromatic heterocycles. The molecule has 0 fully saturated rings. The van der Waals surface area contributed by atoms with E-state index in [4.69, 9.17) is 0 Å². The molecule has 0 saturated carbocycles. The molecule has 0 rings (SSSR count). The fourth-order valence-electron chi connectivity index (χ4n) is 3.35.